The van der Waals surface area contributed by atoms with E-state index in [1.165, 1.54) is 0 Å². The van der Waals surface area contributed by atoms with E-state index in [-0.39, 0.29) is 18.1 Å². The van der Waals surface area contributed by atoms with E-state index in [4.69, 9.17) is 8.60 Å². The molecule has 0 saturated heterocycles. The number of carbonyl (C=O) groups is 1. The molecule has 1 aromatic heterocycles. The lowest BCUT2D eigenvalue weighted by atomic mass is 10.1. The van der Waals surface area contributed by atoms with Crippen molar-refractivity contribution in [3.05, 3.63) is 89.9 Å². The van der Waals surface area contributed by atoms with E-state index in [1.54, 1.807) is 35.4 Å². The van der Waals surface area contributed by atoms with Crippen molar-refractivity contribution < 1.29 is 21.8 Å². The number of carbonyl (C=O) groups excluding carboxylic acids is 1. The Morgan fingerprint density at radius 1 is 0.964 bits per heavy atom. The summed E-state index contributed by atoms with van der Waals surface area (Å²) in [6.07, 6.45) is 2.82. The van der Waals surface area contributed by atoms with Gasteiger partial charge >= 0.3 is 10.1 Å². The number of amides is 1. The Morgan fingerprint density at radius 3 is 2.39 bits per heavy atom. The predicted octanol–water partition coefficient (Wildman–Crippen LogP) is 3.39. The second kappa shape index (κ2) is 8.75. The predicted molar refractivity (Wildman–Crippen MR) is 105 cm³/mol. The fraction of sp³-hybridized carbons (Fsp3) is 0.190. The number of benzene rings is 2. The summed E-state index contributed by atoms with van der Waals surface area (Å²) in [5.74, 6) is 0.829. The number of hydrogen-bond donors (Lipinski definition) is 0. The zero-order valence-electron chi connectivity index (χ0n) is 15.4. The minimum atomic E-state index is -3.62. The van der Waals surface area contributed by atoms with Crippen LogP contribution in [0.2, 0.25) is 0 Å². The van der Waals surface area contributed by atoms with Crippen LogP contribution in [0.3, 0.4) is 0 Å². The molecule has 0 bridgehead atoms. The maximum absolute atomic E-state index is 12.9. The van der Waals surface area contributed by atoms with Gasteiger partial charge in [0.25, 0.3) is 0 Å². The van der Waals surface area contributed by atoms with Gasteiger partial charge in [0.2, 0.25) is 5.91 Å². The summed E-state index contributed by atoms with van der Waals surface area (Å²) in [5, 5.41) is 0. The van der Waals surface area contributed by atoms with E-state index in [0.717, 1.165) is 17.4 Å². The summed E-state index contributed by atoms with van der Waals surface area (Å²) in [6.45, 7) is 0.614. The molecular weight excluding hydrogens is 378 g/mol. The van der Waals surface area contributed by atoms with Gasteiger partial charge in [0.05, 0.1) is 25.5 Å². The van der Waals surface area contributed by atoms with Gasteiger partial charge in [-0.2, -0.15) is 8.42 Å². The van der Waals surface area contributed by atoms with Gasteiger partial charge < -0.3 is 13.5 Å². The molecule has 0 aliphatic carbocycles. The summed E-state index contributed by atoms with van der Waals surface area (Å²) in [4.78, 5) is 14.6. The second-order valence-corrected chi connectivity index (χ2v) is 8.00. The molecule has 0 unspecified atom stereocenters. The standard InChI is InChI=1S/C21H21NO5S/c1-28(24,25)27-19-10-5-9-18(13-19)15-22(16-20-11-6-12-26-20)21(23)14-17-7-3-2-4-8-17/h2-13H,14-16H2,1H3. The van der Waals surface area contributed by atoms with Crippen LogP contribution in [0.1, 0.15) is 16.9 Å². The molecular formula is C21H21NO5S. The van der Waals surface area contributed by atoms with Gasteiger partial charge in [0.15, 0.2) is 0 Å². The summed E-state index contributed by atoms with van der Waals surface area (Å²) in [6, 6.07) is 19.8. The maximum Gasteiger partial charge on any atom is 0.306 e. The summed E-state index contributed by atoms with van der Waals surface area (Å²) in [7, 11) is -3.62. The first-order valence-corrected chi connectivity index (χ1v) is 10.5. The molecule has 0 atom stereocenters. The van der Waals surface area contributed by atoms with Crippen LogP contribution >= 0.6 is 0 Å². The van der Waals surface area contributed by atoms with Crippen molar-refractivity contribution in [3.63, 3.8) is 0 Å². The van der Waals surface area contributed by atoms with E-state index in [1.807, 2.05) is 42.5 Å². The van der Waals surface area contributed by atoms with Crippen molar-refractivity contribution in [3.8, 4) is 5.75 Å². The molecule has 3 aromatic rings. The van der Waals surface area contributed by atoms with Gasteiger partial charge in [-0.1, -0.05) is 42.5 Å². The van der Waals surface area contributed by atoms with E-state index in [9.17, 15) is 13.2 Å². The molecule has 7 heteroatoms. The number of rotatable bonds is 8. The normalized spacial score (nSPS) is 11.2. The molecule has 2 aromatic carbocycles. The smallest absolute Gasteiger partial charge is 0.306 e. The first-order valence-electron chi connectivity index (χ1n) is 8.71. The van der Waals surface area contributed by atoms with Crippen molar-refractivity contribution in [1.82, 2.24) is 4.90 Å². The molecule has 0 saturated carbocycles. The second-order valence-electron chi connectivity index (χ2n) is 6.43. The van der Waals surface area contributed by atoms with E-state index < -0.39 is 10.1 Å². The maximum atomic E-state index is 12.9. The zero-order valence-corrected chi connectivity index (χ0v) is 16.3. The molecule has 0 aliphatic heterocycles. The Morgan fingerprint density at radius 2 is 1.71 bits per heavy atom. The minimum absolute atomic E-state index is 0.0583. The highest BCUT2D eigenvalue weighted by Gasteiger charge is 2.17. The molecule has 1 heterocycles. The molecule has 6 nitrogen and oxygen atoms in total. The minimum Gasteiger partial charge on any atom is -0.467 e. The lowest BCUT2D eigenvalue weighted by Crippen LogP contribution is -2.31. The van der Waals surface area contributed by atoms with Gasteiger partial charge in [0.1, 0.15) is 11.5 Å². The fourth-order valence-electron chi connectivity index (χ4n) is 2.80. The molecule has 0 radical (unpaired) electrons. The Kier molecular flexibility index (Phi) is 6.16. The molecule has 3 rings (SSSR count). The van der Waals surface area contributed by atoms with Crippen LogP contribution in [0, 0.1) is 0 Å². The third-order valence-electron chi connectivity index (χ3n) is 4.00. The van der Waals surface area contributed by atoms with Gasteiger partial charge in [-0.3, -0.25) is 4.79 Å². The van der Waals surface area contributed by atoms with Crippen molar-refractivity contribution in [2.24, 2.45) is 0 Å². The Bertz CT molecular complexity index is 1010. The van der Waals surface area contributed by atoms with Gasteiger partial charge in [-0.05, 0) is 35.4 Å². The van der Waals surface area contributed by atoms with Crippen LogP contribution in [-0.4, -0.2) is 25.5 Å². The van der Waals surface area contributed by atoms with E-state index >= 15 is 0 Å². The molecule has 0 spiro atoms. The fourth-order valence-corrected chi connectivity index (χ4v) is 3.25. The van der Waals surface area contributed by atoms with Crippen molar-refractivity contribution >= 4 is 16.0 Å². The highest BCUT2D eigenvalue weighted by molar-refractivity contribution is 7.86. The zero-order chi connectivity index (χ0) is 20.0. The van der Waals surface area contributed by atoms with Crippen LogP contribution < -0.4 is 4.18 Å². The highest BCUT2D eigenvalue weighted by atomic mass is 32.2. The summed E-state index contributed by atoms with van der Waals surface area (Å²) < 4.78 is 33.0. The van der Waals surface area contributed by atoms with Crippen LogP contribution in [0.4, 0.5) is 0 Å². The van der Waals surface area contributed by atoms with E-state index in [2.05, 4.69) is 0 Å². The van der Waals surface area contributed by atoms with Gasteiger partial charge in [0, 0.05) is 6.54 Å². The first-order chi connectivity index (χ1) is 13.4. The van der Waals surface area contributed by atoms with Crippen molar-refractivity contribution in [1.29, 1.82) is 0 Å². The summed E-state index contributed by atoms with van der Waals surface area (Å²) >= 11 is 0. The molecule has 0 aliphatic rings. The quantitative estimate of drug-likeness (QED) is 0.543. The lowest BCUT2D eigenvalue weighted by molar-refractivity contribution is -0.132. The van der Waals surface area contributed by atoms with Gasteiger partial charge in [-0.25, -0.2) is 0 Å². The Labute approximate surface area is 164 Å². The topological polar surface area (TPSA) is 76.8 Å². The van der Waals surface area contributed by atoms with Crippen LogP contribution in [-0.2, 0) is 34.4 Å². The SMILES string of the molecule is CS(=O)(=O)Oc1cccc(CN(Cc2ccco2)C(=O)Cc2ccccc2)c1. The molecule has 0 N–H and O–H groups in total. The first kappa shape index (κ1) is 19.7. The third-order valence-corrected chi connectivity index (χ3v) is 4.49. The number of furan rings is 1. The Balaban J connectivity index is 1.79. The highest BCUT2D eigenvalue weighted by Crippen LogP contribution is 2.18. The van der Waals surface area contributed by atoms with E-state index in [0.29, 0.717) is 18.8 Å². The lowest BCUT2D eigenvalue weighted by Gasteiger charge is -2.22. The monoisotopic (exact) mass is 399 g/mol. The van der Waals surface area contributed by atoms with Crippen LogP contribution in [0.25, 0.3) is 0 Å². The molecule has 1 amide bonds. The van der Waals surface area contributed by atoms with Crippen molar-refractivity contribution in [2.45, 2.75) is 19.5 Å². The summed E-state index contributed by atoms with van der Waals surface area (Å²) in [5.41, 5.74) is 1.68. The van der Waals surface area contributed by atoms with Crippen molar-refractivity contribution in [2.75, 3.05) is 6.26 Å². The third kappa shape index (κ3) is 5.99. The molecule has 28 heavy (non-hydrogen) atoms. The Hall–Kier alpha value is -3.06. The number of hydrogen-bond acceptors (Lipinski definition) is 5. The molecule has 0 fully saturated rings. The largest absolute Gasteiger partial charge is 0.467 e. The average Bonchev–Trinajstić information content (AvgIpc) is 3.14. The average molecular weight is 399 g/mol. The number of nitrogens with zero attached hydrogens (tertiary/aromatic N) is 1. The van der Waals surface area contributed by atoms with Gasteiger partial charge in [-0.15, -0.1) is 0 Å². The molecule has 146 valence electrons. The van der Waals surface area contributed by atoms with Crippen LogP contribution in [0.5, 0.6) is 5.75 Å². The van der Waals surface area contributed by atoms with Crippen LogP contribution in [0.15, 0.2) is 77.4 Å².